The molecule has 0 aliphatic carbocycles. The summed E-state index contributed by atoms with van der Waals surface area (Å²) in [6.45, 7) is 2.54. The first-order valence-electron chi connectivity index (χ1n) is 6.27. The summed E-state index contributed by atoms with van der Waals surface area (Å²) in [6.07, 6.45) is 1.79. The minimum Gasteiger partial charge on any atom is -0.451 e. The summed E-state index contributed by atoms with van der Waals surface area (Å²) >= 11 is 13.1. The van der Waals surface area contributed by atoms with Gasteiger partial charge in [-0.25, -0.2) is 0 Å². The van der Waals surface area contributed by atoms with Gasteiger partial charge in [-0.3, -0.25) is 4.98 Å². The number of rotatable bonds is 3. The highest BCUT2D eigenvalue weighted by molar-refractivity contribution is 9.13. The lowest BCUT2D eigenvalue weighted by Crippen LogP contribution is -2.00. The van der Waals surface area contributed by atoms with Gasteiger partial charge in [0.05, 0.1) is 27.2 Å². The van der Waals surface area contributed by atoms with E-state index in [9.17, 15) is 0 Å². The number of anilines is 1. The first kappa shape index (κ1) is 14.9. The van der Waals surface area contributed by atoms with Gasteiger partial charge in [0.2, 0.25) is 0 Å². The molecule has 0 fully saturated rings. The SMILES string of the molecule is Cc1cc(Cl)c(NCc2cc(Br)c(Br)o2)c2cccnc12. The molecule has 0 saturated carbocycles. The van der Waals surface area contributed by atoms with Crippen LogP contribution in [-0.4, -0.2) is 4.98 Å². The maximum absolute atomic E-state index is 6.37. The number of hydrogen-bond donors (Lipinski definition) is 1. The zero-order valence-electron chi connectivity index (χ0n) is 11.1. The minimum absolute atomic E-state index is 0.539. The van der Waals surface area contributed by atoms with E-state index >= 15 is 0 Å². The highest BCUT2D eigenvalue weighted by Crippen LogP contribution is 2.33. The van der Waals surface area contributed by atoms with Crippen molar-refractivity contribution in [2.24, 2.45) is 0 Å². The fourth-order valence-corrected chi connectivity index (χ4v) is 3.21. The average molecular weight is 431 g/mol. The van der Waals surface area contributed by atoms with Crippen LogP contribution in [0.5, 0.6) is 0 Å². The Balaban J connectivity index is 1.97. The summed E-state index contributed by atoms with van der Waals surface area (Å²) in [5, 5.41) is 5.02. The highest BCUT2D eigenvalue weighted by Gasteiger charge is 2.11. The summed E-state index contributed by atoms with van der Waals surface area (Å²) in [5.74, 6) is 0.808. The molecule has 0 aliphatic rings. The third-order valence-corrected chi connectivity index (χ3v) is 5.18. The van der Waals surface area contributed by atoms with Gasteiger partial charge in [0.15, 0.2) is 4.67 Å². The Kier molecular flexibility index (Phi) is 4.24. The van der Waals surface area contributed by atoms with Crippen molar-refractivity contribution in [3.8, 4) is 0 Å². The fraction of sp³-hybridized carbons (Fsp3) is 0.133. The standard InChI is InChI=1S/C15H11Br2ClN2O/c1-8-5-12(18)14(10-3-2-4-19-13(8)10)20-7-9-6-11(16)15(17)21-9/h2-6,20H,7H2,1H3. The number of nitrogens with zero attached hydrogens (tertiary/aromatic N) is 1. The van der Waals surface area contributed by atoms with Crippen molar-refractivity contribution in [1.29, 1.82) is 0 Å². The Hall–Kier alpha value is -1.04. The van der Waals surface area contributed by atoms with E-state index in [2.05, 4.69) is 42.2 Å². The lowest BCUT2D eigenvalue weighted by atomic mass is 10.1. The maximum Gasteiger partial charge on any atom is 0.183 e. The van der Waals surface area contributed by atoms with E-state index in [1.54, 1.807) is 6.20 Å². The van der Waals surface area contributed by atoms with Gasteiger partial charge >= 0.3 is 0 Å². The smallest absolute Gasteiger partial charge is 0.183 e. The van der Waals surface area contributed by atoms with Crippen LogP contribution in [0, 0.1) is 6.92 Å². The molecule has 0 spiro atoms. The van der Waals surface area contributed by atoms with E-state index in [0.29, 0.717) is 16.2 Å². The summed E-state index contributed by atoms with van der Waals surface area (Å²) < 4.78 is 7.13. The molecule has 108 valence electrons. The van der Waals surface area contributed by atoms with Gasteiger partial charge in [0, 0.05) is 11.6 Å². The molecule has 2 heterocycles. The van der Waals surface area contributed by atoms with Crippen molar-refractivity contribution < 1.29 is 4.42 Å². The molecule has 0 amide bonds. The Morgan fingerprint density at radius 3 is 2.86 bits per heavy atom. The number of aromatic nitrogens is 1. The Morgan fingerprint density at radius 1 is 1.33 bits per heavy atom. The molecule has 21 heavy (non-hydrogen) atoms. The molecule has 0 atom stereocenters. The lowest BCUT2D eigenvalue weighted by molar-refractivity contribution is 0.494. The van der Waals surface area contributed by atoms with Gasteiger partial charge in [0.25, 0.3) is 0 Å². The van der Waals surface area contributed by atoms with Crippen molar-refractivity contribution >= 4 is 60.1 Å². The third kappa shape index (κ3) is 2.96. The van der Waals surface area contributed by atoms with Crippen LogP contribution >= 0.6 is 43.5 Å². The number of aryl methyl sites for hydroxylation is 1. The number of fused-ring (bicyclic) bond motifs is 1. The topological polar surface area (TPSA) is 38.1 Å². The number of pyridine rings is 1. The number of hydrogen-bond acceptors (Lipinski definition) is 3. The molecule has 3 nitrogen and oxygen atoms in total. The first-order chi connectivity index (χ1) is 10.1. The molecule has 0 unspecified atom stereocenters. The lowest BCUT2D eigenvalue weighted by Gasteiger charge is -2.12. The van der Waals surface area contributed by atoms with Crippen LogP contribution in [0.4, 0.5) is 5.69 Å². The van der Waals surface area contributed by atoms with Crippen LogP contribution in [0.2, 0.25) is 5.02 Å². The summed E-state index contributed by atoms with van der Waals surface area (Å²) in [7, 11) is 0. The predicted octanol–water partition coefficient (Wildman–Crippen LogP) is 5.93. The molecular formula is C15H11Br2ClN2O. The zero-order valence-corrected chi connectivity index (χ0v) is 15.0. The second kappa shape index (κ2) is 5.99. The molecule has 1 N–H and O–H groups in total. The zero-order chi connectivity index (χ0) is 15.0. The number of furan rings is 1. The number of nitrogens with one attached hydrogen (secondary N) is 1. The monoisotopic (exact) mass is 428 g/mol. The van der Waals surface area contributed by atoms with Gasteiger partial charge in [-0.2, -0.15) is 0 Å². The van der Waals surface area contributed by atoms with Crippen LogP contribution in [0.15, 0.2) is 44.0 Å². The molecule has 0 saturated heterocycles. The van der Waals surface area contributed by atoms with Crippen molar-refractivity contribution in [3.05, 3.63) is 56.0 Å². The molecule has 2 aromatic heterocycles. The van der Waals surface area contributed by atoms with Crippen LogP contribution in [0.3, 0.4) is 0 Å². The summed E-state index contributed by atoms with van der Waals surface area (Å²) in [4.78, 5) is 4.42. The van der Waals surface area contributed by atoms with E-state index in [-0.39, 0.29) is 0 Å². The van der Waals surface area contributed by atoms with Gasteiger partial charge in [-0.05, 0) is 68.6 Å². The van der Waals surface area contributed by atoms with Crippen LogP contribution < -0.4 is 5.32 Å². The fourth-order valence-electron chi connectivity index (χ4n) is 2.21. The third-order valence-electron chi connectivity index (χ3n) is 3.17. The van der Waals surface area contributed by atoms with Gasteiger partial charge in [0.1, 0.15) is 5.76 Å². The Bertz CT molecular complexity index is 797. The second-order valence-electron chi connectivity index (χ2n) is 4.64. The van der Waals surface area contributed by atoms with Gasteiger partial charge in [-0.15, -0.1) is 0 Å². The van der Waals surface area contributed by atoms with Crippen molar-refractivity contribution in [2.45, 2.75) is 13.5 Å². The quantitative estimate of drug-likeness (QED) is 0.560. The molecular weight excluding hydrogens is 419 g/mol. The largest absolute Gasteiger partial charge is 0.451 e. The molecule has 3 rings (SSSR count). The predicted molar refractivity (Wildman–Crippen MR) is 92.9 cm³/mol. The molecule has 0 aliphatic heterocycles. The van der Waals surface area contributed by atoms with E-state index < -0.39 is 0 Å². The number of halogens is 3. The van der Waals surface area contributed by atoms with Crippen molar-refractivity contribution in [3.63, 3.8) is 0 Å². The van der Waals surface area contributed by atoms with Crippen molar-refractivity contribution in [1.82, 2.24) is 4.98 Å². The van der Waals surface area contributed by atoms with Crippen LogP contribution in [0.1, 0.15) is 11.3 Å². The van der Waals surface area contributed by atoms with Gasteiger partial charge < -0.3 is 9.73 Å². The van der Waals surface area contributed by atoms with Gasteiger partial charge in [-0.1, -0.05) is 11.6 Å². The minimum atomic E-state index is 0.539. The molecule has 1 aromatic carbocycles. The Labute approximate surface area is 144 Å². The molecule has 0 radical (unpaired) electrons. The second-order valence-corrected chi connectivity index (χ2v) is 6.62. The summed E-state index contributed by atoms with van der Waals surface area (Å²) in [5.41, 5.74) is 2.88. The van der Waals surface area contributed by atoms with E-state index in [1.807, 2.05) is 31.2 Å². The first-order valence-corrected chi connectivity index (χ1v) is 8.24. The molecule has 6 heteroatoms. The number of benzene rings is 1. The Morgan fingerprint density at radius 2 is 2.14 bits per heavy atom. The highest BCUT2D eigenvalue weighted by atomic mass is 79.9. The molecule has 0 bridgehead atoms. The normalized spacial score (nSPS) is 11.0. The van der Waals surface area contributed by atoms with Crippen molar-refractivity contribution in [2.75, 3.05) is 5.32 Å². The molecule has 3 aromatic rings. The van der Waals surface area contributed by atoms with E-state index in [4.69, 9.17) is 16.0 Å². The maximum atomic E-state index is 6.37. The van der Waals surface area contributed by atoms with E-state index in [0.717, 1.165) is 32.4 Å². The summed E-state index contributed by atoms with van der Waals surface area (Å²) in [6, 6.07) is 7.76. The average Bonchev–Trinajstić information content (AvgIpc) is 2.77. The van der Waals surface area contributed by atoms with Crippen LogP contribution in [-0.2, 0) is 6.54 Å². The van der Waals surface area contributed by atoms with Crippen LogP contribution in [0.25, 0.3) is 10.9 Å². The van der Waals surface area contributed by atoms with E-state index in [1.165, 1.54) is 0 Å².